The second kappa shape index (κ2) is 22.9. The average molecular weight is 1080 g/mol. The van der Waals surface area contributed by atoms with Crippen LogP contribution in [0.2, 0.25) is 10.0 Å². The summed E-state index contributed by atoms with van der Waals surface area (Å²) in [6.45, 7) is 13.4. The van der Waals surface area contributed by atoms with Gasteiger partial charge < -0.3 is 19.3 Å². The van der Waals surface area contributed by atoms with Crippen molar-refractivity contribution in [3.63, 3.8) is 0 Å². The summed E-state index contributed by atoms with van der Waals surface area (Å²) in [6, 6.07) is 92.5. The molecular weight excluding hydrogens is 1020 g/mol. The Morgan fingerprint density at radius 1 is 0.275 bits per heavy atom. The lowest BCUT2D eigenvalue weighted by Crippen LogP contribution is -2.16. The van der Waals surface area contributed by atoms with Gasteiger partial charge in [-0.25, -0.2) is 0 Å². The quantitative estimate of drug-likeness (QED) is 0.108. The number of benzene rings is 11. The van der Waals surface area contributed by atoms with E-state index in [-0.39, 0.29) is 10.8 Å². The largest absolute Gasteiger partial charge is 0.457 e. The van der Waals surface area contributed by atoms with Crippen LogP contribution in [-0.4, -0.2) is 0 Å². The molecule has 0 saturated heterocycles. The van der Waals surface area contributed by atoms with Crippen LogP contribution in [-0.2, 0) is 10.8 Å². The van der Waals surface area contributed by atoms with E-state index < -0.39 is 0 Å². The lowest BCUT2D eigenvalue weighted by Gasteiger charge is -2.32. The van der Waals surface area contributed by atoms with E-state index in [0.29, 0.717) is 33.0 Å². The summed E-state index contributed by atoms with van der Waals surface area (Å²) >= 11 is 13.8. The first-order valence-electron chi connectivity index (χ1n) is 27.1. The summed E-state index contributed by atoms with van der Waals surface area (Å²) in [5.74, 6) is 2.60. The lowest BCUT2D eigenvalue weighted by molar-refractivity contribution is 0.457. The molecule has 11 aromatic carbocycles. The fourth-order valence-electron chi connectivity index (χ4n) is 10.3. The van der Waals surface area contributed by atoms with E-state index >= 15 is 0 Å². The number of hydrogen-bond donors (Lipinski definition) is 0. The van der Waals surface area contributed by atoms with Crippen LogP contribution in [0.4, 0.5) is 34.1 Å². The Labute approximate surface area is 481 Å². The summed E-state index contributed by atoms with van der Waals surface area (Å²) in [4.78, 5) is 4.65. The van der Waals surface area contributed by atoms with Gasteiger partial charge >= 0.3 is 0 Å². The monoisotopic (exact) mass is 1080 g/mol. The molecule has 6 heteroatoms. The third kappa shape index (κ3) is 11.8. The number of ether oxygens (including phenoxy) is 2. The van der Waals surface area contributed by atoms with Crippen molar-refractivity contribution in [3.05, 3.63) is 288 Å². The summed E-state index contributed by atoms with van der Waals surface area (Å²) in [6.07, 6.45) is 0. The summed E-state index contributed by atoms with van der Waals surface area (Å²) in [5, 5.41) is 1.27. The van der Waals surface area contributed by atoms with Gasteiger partial charge in [-0.05, 0) is 117 Å². The van der Waals surface area contributed by atoms with E-state index in [9.17, 15) is 0 Å². The summed E-state index contributed by atoms with van der Waals surface area (Å²) < 4.78 is 14.1. The zero-order valence-electron chi connectivity index (χ0n) is 45.9. The normalized spacial score (nSPS) is 11.5. The Balaban J connectivity index is 1.03. The van der Waals surface area contributed by atoms with Gasteiger partial charge in [0.25, 0.3) is 0 Å². The molecule has 0 heterocycles. The number of hydrogen-bond acceptors (Lipinski definition) is 4. The topological polar surface area (TPSA) is 24.9 Å². The second-order valence-corrected chi connectivity index (χ2v) is 23.0. The molecule has 0 fully saturated rings. The third-order valence-electron chi connectivity index (χ3n) is 14.3. The number of para-hydroxylation sites is 2. The third-order valence-corrected chi connectivity index (χ3v) is 14.8. The number of rotatable bonds is 14. The number of anilines is 6. The standard InChI is InChI=1S/C74H62Cl2N2O2/c1-73(2,3)55-42-61(77(59-34-19-32-57(75)46-59)71-67(51-24-11-7-12-25-51)38-22-39-68(71)52-26-13-8-14-27-52)48-65(44-55)79-63-36-21-37-64(50-63)80-66-45-56(74(4,5)6)43-62(49-66)78(60-35-20-33-58(76)47-60)72-69(53-28-15-9-16-29-53)40-23-41-70(72)54-30-17-10-18-31-54/h7-50H,1-6H3. The van der Waals surface area contributed by atoms with Crippen molar-refractivity contribution in [1.82, 2.24) is 0 Å². The fourth-order valence-corrected chi connectivity index (χ4v) is 10.7. The Hall–Kier alpha value is -8.80. The van der Waals surface area contributed by atoms with Gasteiger partial charge in [0, 0.05) is 61.9 Å². The highest BCUT2D eigenvalue weighted by Crippen LogP contribution is 2.51. The van der Waals surface area contributed by atoms with Gasteiger partial charge in [-0.15, -0.1) is 0 Å². The van der Waals surface area contributed by atoms with Gasteiger partial charge in [-0.2, -0.15) is 0 Å². The molecule has 11 aromatic rings. The minimum absolute atomic E-state index is 0.251. The Morgan fingerprint density at radius 3 is 0.900 bits per heavy atom. The molecule has 4 nitrogen and oxygen atoms in total. The highest BCUT2D eigenvalue weighted by atomic mass is 35.5. The zero-order valence-corrected chi connectivity index (χ0v) is 47.4. The molecular formula is C74H62Cl2N2O2. The SMILES string of the molecule is CC(C)(C)c1cc(Oc2cccc(Oc3cc(N(c4cccc(Cl)c4)c4c(-c5ccccc5)cccc4-c4ccccc4)cc(C(C)(C)C)c3)c2)cc(N(c2cccc(Cl)c2)c2c(-c3ccccc3)cccc2-c2ccccc2)c1. The molecule has 0 aromatic heterocycles. The van der Waals surface area contributed by atoms with Crippen LogP contribution >= 0.6 is 23.2 Å². The molecule has 0 unspecified atom stereocenters. The predicted octanol–water partition coefficient (Wildman–Crippen LogP) is 22.8. The molecule has 0 aliphatic carbocycles. The molecule has 0 N–H and O–H groups in total. The Morgan fingerprint density at radius 2 is 0.588 bits per heavy atom. The molecule has 80 heavy (non-hydrogen) atoms. The van der Waals surface area contributed by atoms with E-state index in [1.807, 2.05) is 60.7 Å². The van der Waals surface area contributed by atoms with Crippen LogP contribution in [0.25, 0.3) is 44.5 Å². The van der Waals surface area contributed by atoms with Gasteiger partial charge in [0.1, 0.15) is 23.0 Å². The van der Waals surface area contributed by atoms with Crippen LogP contribution in [0.5, 0.6) is 23.0 Å². The first-order valence-corrected chi connectivity index (χ1v) is 27.9. The van der Waals surface area contributed by atoms with E-state index in [1.54, 1.807) is 0 Å². The van der Waals surface area contributed by atoms with Gasteiger partial charge in [-0.3, -0.25) is 0 Å². The fraction of sp³-hybridized carbons (Fsp3) is 0.108. The van der Waals surface area contributed by atoms with Crippen molar-refractivity contribution in [3.8, 4) is 67.5 Å². The summed E-state index contributed by atoms with van der Waals surface area (Å²) in [7, 11) is 0. The maximum Gasteiger partial charge on any atom is 0.131 e. The lowest BCUT2D eigenvalue weighted by atomic mass is 9.86. The molecule has 0 radical (unpaired) electrons. The number of nitrogens with zero attached hydrogens (tertiary/aromatic N) is 2. The van der Waals surface area contributed by atoms with Crippen LogP contribution in [0.1, 0.15) is 52.7 Å². The first-order chi connectivity index (χ1) is 38.7. The van der Waals surface area contributed by atoms with Crippen molar-refractivity contribution >= 4 is 57.3 Å². The van der Waals surface area contributed by atoms with Crippen LogP contribution < -0.4 is 19.3 Å². The van der Waals surface area contributed by atoms with E-state index in [1.165, 1.54) is 0 Å². The van der Waals surface area contributed by atoms with E-state index in [0.717, 1.165) is 89.8 Å². The minimum Gasteiger partial charge on any atom is -0.457 e. The first kappa shape index (κ1) is 53.2. The van der Waals surface area contributed by atoms with E-state index in [2.05, 4.69) is 258 Å². The van der Waals surface area contributed by atoms with Crippen LogP contribution in [0.15, 0.2) is 267 Å². The molecule has 0 atom stereocenters. The van der Waals surface area contributed by atoms with Crippen molar-refractivity contribution < 1.29 is 9.47 Å². The van der Waals surface area contributed by atoms with Crippen LogP contribution in [0, 0.1) is 0 Å². The van der Waals surface area contributed by atoms with Crippen molar-refractivity contribution in [2.45, 2.75) is 52.4 Å². The Kier molecular flexibility index (Phi) is 15.2. The summed E-state index contributed by atoms with van der Waals surface area (Å²) in [5.41, 5.74) is 16.1. The van der Waals surface area contributed by atoms with Crippen molar-refractivity contribution in [1.29, 1.82) is 0 Å². The molecule has 394 valence electrons. The molecule has 0 aliphatic rings. The predicted molar refractivity (Wildman–Crippen MR) is 338 cm³/mol. The molecule has 0 saturated carbocycles. The zero-order chi connectivity index (χ0) is 55.4. The highest BCUT2D eigenvalue weighted by molar-refractivity contribution is 6.31. The minimum atomic E-state index is -0.251. The molecule has 11 rings (SSSR count). The maximum atomic E-state index is 7.03. The van der Waals surface area contributed by atoms with Crippen LogP contribution in [0.3, 0.4) is 0 Å². The number of halogens is 2. The van der Waals surface area contributed by atoms with Crippen molar-refractivity contribution in [2.24, 2.45) is 0 Å². The van der Waals surface area contributed by atoms with E-state index in [4.69, 9.17) is 32.7 Å². The highest BCUT2D eigenvalue weighted by Gasteiger charge is 2.28. The second-order valence-electron chi connectivity index (χ2n) is 22.1. The van der Waals surface area contributed by atoms with Gasteiger partial charge in [0.15, 0.2) is 0 Å². The van der Waals surface area contributed by atoms with Gasteiger partial charge in [0.2, 0.25) is 0 Å². The van der Waals surface area contributed by atoms with Gasteiger partial charge in [0.05, 0.1) is 22.7 Å². The van der Waals surface area contributed by atoms with Crippen molar-refractivity contribution in [2.75, 3.05) is 9.80 Å². The molecule has 0 bridgehead atoms. The molecule has 0 spiro atoms. The average Bonchev–Trinajstić information content (AvgIpc) is 3.48. The smallest absolute Gasteiger partial charge is 0.131 e. The van der Waals surface area contributed by atoms with Gasteiger partial charge in [-0.1, -0.05) is 241 Å². The maximum absolute atomic E-state index is 7.03. The Bertz CT molecular complexity index is 3570. The molecule has 0 aliphatic heterocycles. The molecule has 0 amide bonds.